The first-order chi connectivity index (χ1) is 60.3. The number of imide groups is 1. The minimum atomic E-state index is -1.22. The summed E-state index contributed by atoms with van der Waals surface area (Å²) in [6.07, 6.45) is 25.9. The minimum absolute atomic E-state index is 0.106. The average Bonchev–Trinajstić information content (AvgIpc) is 1.60. The van der Waals surface area contributed by atoms with Crippen LogP contribution in [0.15, 0.2) is 197 Å². The molecule has 644 valence electrons. The number of aromatic amines is 3. The Kier molecular flexibility index (Phi) is 22.0. The summed E-state index contributed by atoms with van der Waals surface area (Å²) in [4.78, 5) is 150. The first-order valence-corrected chi connectivity index (χ1v) is 40.7. The molecule has 0 unspecified atom stereocenters. The Labute approximate surface area is 712 Å². The topological polar surface area (TPSA) is 413 Å². The Morgan fingerprint density at radius 1 is 0.381 bits per heavy atom. The fraction of sp³-hybridized carbons (Fsp3) is 0.310. The fourth-order valence-electron chi connectivity index (χ4n) is 15.5. The van der Waals surface area contributed by atoms with E-state index in [-0.39, 0.29) is 47.0 Å². The number of nitrogens with zero attached hydrogens (tertiary/aromatic N) is 21. The largest absolute Gasteiger partial charge is 0.439 e. The number of amides is 7. The molecule has 126 heavy (non-hydrogen) atoms. The smallest absolute Gasteiger partial charge is 0.338 e. The zero-order chi connectivity index (χ0) is 88.1. The van der Waals surface area contributed by atoms with Gasteiger partial charge < -0.3 is 24.9 Å². The molecule has 0 spiro atoms. The Balaban J connectivity index is 0.000000119. The number of carbonyl (C=O) groups is 6. The number of anilines is 1. The minimum Gasteiger partial charge on any atom is -0.338 e. The highest BCUT2D eigenvalue weighted by atomic mass is 19.2. The summed E-state index contributed by atoms with van der Waals surface area (Å²) in [5.41, 5.74) is 3.58. The van der Waals surface area contributed by atoms with Crippen LogP contribution < -0.4 is 21.7 Å². The number of H-pyrrole nitrogens is 3. The highest BCUT2D eigenvalue weighted by Crippen LogP contribution is 2.35. The molecule has 15 aromatic rings. The van der Waals surface area contributed by atoms with E-state index < -0.39 is 45.8 Å². The summed E-state index contributed by atoms with van der Waals surface area (Å²) in [5, 5.41) is 19.8. The third-order valence-electron chi connectivity index (χ3n) is 23.2. The number of aromatic nitrogens is 19. The van der Waals surface area contributed by atoms with E-state index in [0.717, 1.165) is 43.5 Å². The molecule has 0 aromatic carbocycles. The second-order valence-corrected chi connectivity index (χ2v) is 33.1. The van der Waals surface area contributed by atoms with Gasteiger partial charge in [-0.1, -0.05) is 10.3 Å². The van der Waals surface area contributed by atoms with Crippen LogP contribution in [0, 0.1) is 0 Å². The van der Waals surface area contributed by atoms with Gasteiger partial charge in [0, 0.05) is 135 Å². The molecule has 0 bridgehead atoms. The highest BCUT2D eigenvalue weighted by Gasteiger charge is 2.46. The number of fused-ring (bicyclic) bond motifs is 4. The Morgan fingerprint density at radius 2 is 0.738 bits per heavy atom. The average molecular weight is 1710 g/mol. The van der Waals surface area contributed by atoms with Crippen LogP contribution in [0.5, 0.6) is 0 Å². The molecule has 5 aliphatic heterocycles. The molecule has 5 fully saturated rings. The van der Waals surface area contributed by atoms with Gasteiger partial charge in [0.05, 0.1) is 69.8 Å². The third kappa shape index (κ3) is 17.5. The van der Waals surface area contributed by atoms with Gasteiger partial charge in [0.25, 0.3) is 29.5 Å². The molecule has 0 radical (unpaired) electrons. The fourth-order valence-corrected chi connectivity index (χ4v) is 15.5. The van der Waals surface area contributed by atoms with E-state index >= 15 is 0 Å². The maximum atomic E-state index is 14.1. The van der Waals surface area contributed by atoms with Crippen molar-refractivity contribution in [1.29, 1.82) is 0 Å². The Bertz CT molecular complexity index is 6750. The standard InChI is InChI=1S/C24H25FN6O3.C21H20FN7O.2C21H19FN6O3/c1-23(2)21(33)31(22(34)28-23)18-5-4-17(14-26-18)30-9-6-15-12-16(13-27-19(15)30)20(32)29-10-7-24(3,25)8-11-29;1-21(22)5-8-28(9-6-21)20(30)15-10-14-4-7-29(19(14)24-11-15)16-2-3-17(23-12-16)18-25-13-26-27-18;1-21(22)3-6-27(7-4-21)19(29)15-8-13-2-5-28(18(13)24-11-15)16-9-14(10-23-12-16)17-25-20(30)31-26-17;1-21(22)5-8-27(9-6-21)19(29)14-10-13-4-7-28(18(13)24-11-14)15-2-3-16(23-12-15)17-25-20(30)31-26-17/h4-6,9,12-14H,7-8,10-11H2,1-3H3,(H,28,34);2-4,7,10-13H,5-6,8-9H2,1H3,(H,25,26,27);2,5,8-12H,3-4,6-7H2,1H3,(H,25,26,30);2-4,7,10-12H,5-6,8-9H2,1H3,(H,25,26,30). The van der Waals surface area contributed by atoms with Crippen molar-refractivity contribution in [2.45, 2.75) is 121 Å². The molecule has 0 atom stereocenters. The van der Waals surface area contributed by atoms with E-state index in [2.05, 4.69) is 89.7 Å². The number of carbonyl (C=O) groups excluding carboxylic acids is 6. The normalized spacial score (nSPS) is 17.0. The number of piperidine rings is 4. The second-order valence-electron chi connectivity index (χ2n) is 33.1. The van der Waals surface area contributed by atoms with Crippen LogP contribution in [0.25, 0.3) is 101 Å². The molecule has 39 heteroatoms. The first kappa shape index (κ1) is 83.2. The van der Waals surface area contributed by atoms with E-state index in [1.807, 2.05) is 91.6 Å². The van der Waals surface area contributed by atoms with Gasteiger partial charge in [0.1, 0.15) is 74.3 Å². The zero-order valence-electron chi connectivity index (χ0n) is 69.0. The van der Waals surface area contributed by atoms with Crippen molar-refractivity contribution in [3.63, 3.8) is 0 Å². The summed E-state index contributed by atoms with van der Waals surface area (Å²) < 4.78 is 72.6. The van der Waals surface area contributed by atoms with Gasteiger partial charge in [-0.2, -0.15) is 5.10 Å². The van der Waals surface area contributed by atoms with Crippen LogP contribution in [-0.4, -0.2) is 229 Å². The number of pyridine rings is 8. The number of hydrogen-bond donors (Lipinski definition) is 4. The van der Waals surface area contributed by atoms with Gasteiger partial charge >= 0.3 is 17.5 Å². The molecule has 0 saturated carbocycles. The molecule has 20 rings (SSSR count). The maximum absolute atomic E-state index is 14.1. The van der Waals surface area contributed by atoms with Gasteiger partial charge in [-0.25, -0.2) is 66.7 Å². The van der Waals surface area contributed by atoms with Crippen molar-refractivity contribution >= 4 is 85.5 Å². The number of likely N-dealkylation sites (tertiary alicyclic amines) is 4. The first-order valence-electron chi connectivity index (χ1n) is 40.7. The number of nitrogens with one attached hydrogen (secondary N) is 4. The van der Waals surface area contributed by atoms with Crippen LogP contribution in [0.4, 0.5) is 28.2 Å². The van der Waals surface area contributed by atoms with Crippen LogP contribution in [0.3, 0.4) is 0 Å². The van der Waals surface area contributed by atoms with Crippen LogP contribution in [-0.2, 0) is 4.79 Å². The quantitative estimate of drug-likeness (QED) is 0.0652. The lowest BCUT2D eigenvalue weighted by atomic mass is 9.95. The van der Waals surface area contributed by atoms with Crippen molar-refractivity contribution < 1.29 is 55.4 Å². The molecule has 5 saturated heterocycles. The monoisotopic (exact) mass is 1710 g/mol. The summed E-state index contributed by atoms with van der Waals surface area (Å²) in [6, 6.07) is 26.6. The van der Waals surface area contributed by atoms with Crippen molar-refractivity contribution in [2.24, 2.45) is 0 Å². The Morgan fingerprint density at radius 3 is 1.06 bits per heavy atom. The van der Waals surface area contributed by atoms with Crippen LogP contribution in [0.2, 0.25) is 0 Å². The SMILES string of the molecule is CC1(F)CCN(C(=O)c2cnc3c(ccn3-c3ccc(-c4ncn[nH]4)nc3)c2)CC1.CC1(F)CCN(C(=O)c2cnc3c(ccn3-c3ccc(-c4noc(=O)[nH]4)nc3)c2)CC1.CC1(F)CCN(C(=O)c2cnc3c(ccn3-c3ccc(N4C(=O)NC(C)(C)C4=O)nc3)c2)CC1.CC1(F)CCN(C(=O)c2cnc3c(ccn3-c3cncc(-c4noc(=O)[nH]4)c3)c2)CC1. The number of hydrogen-bond acceptors (Lipinski definition) is 22. The van der Waals surface area contributed by atoms with Gasteiger partial charge in [-0.15, -0.1) is 0 Å². The number of rotatable bonds is 12. The molecule has 0 aliphatic carbocycles. The molecular formula is C87H83F4N25O10. The van der Waals surface area contributed by atoms with Crippen molar-refractivity contribution in [3.05, 3.63) is 221 Å². The van der Waals surface area contributed by atoms with E-state index in [1.165, 1.54) is 18.7 Å². The van der Waals surface area contributed by atoms with E-state index in [1.54, 1.807) is 147 Å². The molecule has 35 nitrogen and oxygen atoms in total. The zero-order valence-corrected chi connectivity index (χ0v) is 69.0. The van der Waals surface area contributed by atoms with Crippen molar-refractivity contribution in [2.75, 3.05) is 57.3 Å². The summed E-state index contributed by atoms with van der Waals surface area (Å²) in [6.45, 7) is 12.8. The predicted octanol–water partition coefficient (Wildman–Crippen LogP) is 11.8. The number of alkyl halides is 4. The predicted molar refractivity (Wildman–Crippen MR) is 452 cm³/mol. The van der Waals surface area contributed by atoms with Gasteiger partial charge in [-0.05, 0) is 184 Å². The van der Waals surface area contributed by atoms with Gasteiger partial charge in [0.2, 0.25) is 5.82 Å². The summed E-state index contributed by atoms with van der Waals surface area (Å²) in [5.74, 6) is -0.819. The van der Waals surface area contributed by atoms with Gasteiger partial charge in [-0.3, -0.25) is 81.3 Å². The number of halogens is 4. The molecule has 7 amide bonds. The van der Waals surface area contributed by atoms with Gasteiger partial charge in [0.15, 0.2) is 11.6 Å². The maximum Gasteiger partial charge on any atom is 0.439 e. The lowest BCUT2D eigenvalue weighted by Gasteiger charge is -2.34. The second kappa shape index (κ2) is 33.3. The Hall–Kier alpha value is -15.1. The molecule has 5 aliphatic rings. The molecule has 20 heterocycles. The van der Waals surface area contributed by atoms with Crippen LogP contribution in [0.1, 0.15) is 134 Å². The van der Waals surface area contributed by atoms with Crippen LogP contribution >= 0.6 is 0 Å². The van der Waals surface area contributed by atoms with E-state index in [4.69, 9.17) is 0 Å². The van der Waals surface area contributed by atoms with E-state index in [9.17, 15) is 55.9 Å². The van der Waals surface area contributed by atoms with E-state index in [0.29, 0.717) is 177 Å². The summed E-state index contributed by atoms with van der Waals surface area (Å²) in [7, 11) is 0. The van der Waals surface area contributed by atoms with Crippen molar-refractivity contribution in [1.82, 2.24) is 119 Å². The lowest BCUT2D eigenvalue weighted by Crippen LogP contribution is -2.43. The van der Waals surface area contributed by atoms with Crippen molar-refractivity contribution in [3.8, 4) is 57.2 Å². The lowest BCUT2D eigenvalue weighted by molar-refractivity contribution is -0.121. The third-order valence-corrected chi connectivity index (χ3v) is 23.2. The highest BCUT2D eigenvalue weighted by molar-refractivity contribution is 6.22. The number of urea groups is 1. The summed E-state index contributed by atoms with van der Waals surface area (Å²) >= 11 is 0. The molecule has 15 aromatic heterocycles. The molecule has 4 N–H and O–H groups in total. The molecular weight excluding hydrogens is 1630 g/mol.